The monoisotopic (exact) mass is 524 g/mol. The van der Waals surface area contributed by atoms with E-state index in [1.807, 2.05) is 0 Å². The fraction of sp³-hybridized carbons (Fsp3) is 0. The van der Waals surface area contributed by atoms with Crippen molar-refractivity contribution in [1.29, 1.82) is 0 Å². The predicted octanol–water partition coefficient (Wildman–Crippen LogP) is -0.599. The molecule has 0 fully saturated rings. The van der Waals surface area contributed by atoms with Gasteiger partial charge in [0.15, 0.2) is 0 Å². The molecular formula is Gd2O5Zn2. The molecule has 0 bridgehead atoms. The van der Waals surface area contributed by atoms with Gasteiger partial charge < -0.3 is 27.4 Å². The van der Waals surface area contributed by atoms with Crippen molar-refractivity contribution >= 4 is 0 Å². The summed E-state index contributed by atoms with van der Waals surface area (Å²) in [7, 11) is 0. The Balaban J connectivity index is 0. The summed E-state index contributed by atoms with van der Waals surface area (Å²) in [5, 5.41) is 0. The van der Waals surface area contributed by atoms with Crippen molar-refractivity contribution < 1.29 is 146 Å². The summed E-state index contributed by atoms with van der Waals surface area (Å²) in [4.78, 5) is 0. The second kappa shape index (κ2) is 97.9. The topological polar surface area (TPSA) is 142 Å². The molecule has 0 aliphatic rings. The molecule has 9 heteroatoms. The normalized spacial score (nSPS) is 0. The number of rotatable bonds is 0. The van der Waals surface area contributed by atoms with E-state index in [2.05, 4.69) is 0 Å². The Kier molecular flexibility index (Phi) is 1380. The molecule has 0 heterocycles. The maximum atomic E-state index is 0. The van der Waals surface area contributed by atoms with E-state index >= 15 is 0 Å². The summed E-state index contributed by atoms with van der Waals surface area (Å²) in [5.74, 6) is 0. The Bertz CT molecular complexity index is 12.9. The fourth-order valence-electron chi connectivity index (χ4n) is 0. The minimum absolute atomic E-state index is 0. The van der Waals surface area contributed by atoms with Gasteiger partial charge in [-0.3, -0.25) is 0 Å². The molecule has 50 valence electrons. The van der Waals surface area contributed by atoms with Gasteiger partial charge in [-0.15, -0.1) is 0 Å². The van der Waals surface area contributed by atoms with Gasteiger partial charge >= 0.3 is 119 Å². The Morgan fingerprint density at radius 1 is 0.333 bits per heavy atom. The Morgan fingerprint density at radius 3 is 0.333 bits per heavy atom. The molecule has 0 atom stereocenters. The van der Waals surface area contributed by atoms with Crippen LogP contribution in [0.5, 0.6) is 0 Å². The van der Waals surface area contributed by atoms with Crippen molar-refractivity contribution in [3.8, 4) is 0 Å². The van der Waals surface area contributed by atoms with Crippen molar-refractivity contribution in [3.05, 3.63) is 0 Å². The van der Waals surface area contributed by atoms with Crippen molar-refractivity contribution in [2.24, 2.45) is 0 Å². The first-order valence-corrected chi connectivity index (χ1v) is 0. The third-order valence-corrected chi connectivity index (χ3v) is 0. The van der Waals surface area contributed by atoms with Gasteiger partial charge in [0.2, 0.25) is 0 Å². The van der Waals surface area contributed by atoms with E-state index in [1.54, 1.807) is 0 Å². The summed E-state index contributed by atoms with van der Waals surface area (Å²) in [5.41, 5.74) is 0. The van der Waals surface area contributed by atoms with Crippen molar-refractivity contribution in [2.75, 3.05) is 0 Å². The van der Waals surface area contributed by atoms with Crippen LogP contribution in [0, 0.1) is 79.9 Å². The third-order valence-electron chi connectivity index (χ3n) is 0. The summed E-state index contributed by atoms with van der Waals surface area (Å²) in [6.07, 6.45) is 0. The number of hydrogen-bond acceptors (Lipinski definition) is 0. The van der Waals surface area contributed by atoms with Gasteiger partial charge in [0.05, 0.1) is 0 Å². The van der Waals surface area contributed by atoms with Gasteiger partial charge in [-0.05, 0) is 0 Å². The molecule has 0 amide bonds. The molecule has 0 unspecified atom stereocenters. The average Bonchev–Trinajstić information content (AvgIpc) is 0. The van der Waals surface area contributed by atoms with E-state index in [9.17, 15) is 0 Å². The Morgan fingerprint density at radius 2 is 0.333 bits per heavy atom. The van der Waals surface area contributed by atoms with Crippen LogP contribution < -0.4 is 0 Å². The summed E-state index contributed by atoms with van der Waals surface area (Å²) >= 11 is 0. The molecule has 0 aliphatic heterocycles. The van der Waals surface area contributed by atoms with E-state index < -0.39 is 0 Å². The average molecular weight is 525 g/mol. The second-order valence-electron chi connectivity index (χ2n) is 0. The zero-order valence-corrected chi connectivity index (χ0v) is 14.6. The smallest absolute Gasteiger partial charge is 2.00 e. The van der Waals surface area contributed by atoms with Gasteiger partial charge in [-0.2, -0.15) is 0 Å². The van der Waals surface area contributed by atoms with Crippen LogP contribution in [-0.2, 0) is 66.3 Å². The van der Waals surface area contributed by atoms with Crippen LogP contribution in [-0.4, -0.2) is 0 Å². The molecule has 0 saturated heterocycles. The number of hydrogen-bond donors (Lipinski definition) is 0. The standard InChI is InChI=1S/2Gd.5O.2Zn/q2*+3;5*-2;2*+2. The van der Waals surface area contributed by atoms with E-state index in [0.29, 0.717) is 0 Å². The Hall–Kier alpha value is 3.70. The molecule has 9 heavy (non-hydrogen) atoms. The fourth-order valence-corrected chi connectivity index (χ4v) is 0. The zero-order valence-electron chi connectivity index (χ0n) is 4.16. The first-order chi connectivity index (χ1) is 0. The molecule has 0 rings (SSSR count). The maximum absolute atomic E-state index is 0. The zero-order chi connectivity index (χ0) is 0. The largest absolute Gasteiger partial charge is 3.00 e. The van der Waals surface area contributed by atoms with Gasteiger partial charge in [0.1, 0.15) is 0 Å². The van der Waals surface area contributed by atoms with Crippen LogP contribution in [0.2, 0.25) is 0 Å². The van der Waals surface area contributed by atoms with Crippen molar-refractivity contribution in [1.82, 2.24) is 0 Å². The van der Waals surface area contributed by atoms with E-state index in [-0.39, 0.29) is 146 Å². The summed E-state index contributed by atoms with van der Waals surface area (Å²) in [6.45, 7) is 0. The molecule has 0 aromatic carbocycles. The first kappa shape index (κ1) is 127. The molecule has 0 spiro atoms. The predicted molar refractivity (Wildman–Crippen MR) is 3.43 cm³/mol. The second-order valence-corrected chi connectivity index (χ2v) is 0. The molecule has 5 nitrogen and oxygen atoms in total. The molecule has 0 aromatic rings. The van der Waals surface area contributed by atoms with E-state index in [0.717, 1.165) is 0 Å². The van der Waals surface area contributed by atoms with Gasteiger partial charge in [-0.1, -0.05) is 0 Å². The first-order valence-electron chi connectivity index (χ1n) is 0. The van der Waals surface area contributed by atoms with Crippen LogP contribution in [0.25, 0.3) is 0 Å². The van der Waals surface area contributed by atoms with Crippen LogP contribution >= 0.6 is 0 Å². The minimum Gasteiger partial charge on any atom is -2.00 e. The molecule has 0 saturated carbocycles. The maximum Gasteiger partial charge on any atom is 3.00 e. The Labute approximate surface area is 143 Å². The third kappa shape index (κ3) is 80.5. The summed E-state index contributed by atoms with van der Waals surface area (Å²) < 4.78 is 0. The quantitative estimate of drug-likeness (QED) is 0.373. The minimum atomic E-state index is 0. The van der Waals surface area contributed by atoms with Gasteiger partial charge in [0, 0.05) is 0 Å². The summed E-state index contributed by atoms with van der Waals surface area (Å²) in [6, 6.07) is 0. The van der Waals surface area contributed by atoms with Crippen LogP contribution in [0.15, 0.2) is 0 Å². The SMILES string of the molecule is [Gd+3].[Gd+3].[O-2].[O-2].[O-2].[O-2].[O-2].[Zn+2].[Zn+2]. The van der Waals surface area contributed by atoms with E-state index in [1.165, 1.54) is 0 Å². The van der Waals surface area contributed by atoms with E-state index in [4.69, 9.17) is 0 Å². The van der Waals surface area contributed by atoms with Crippen molar-refractivity contribution in [3.63, 3.8) is 0 Å². The van der Waals surface area contributed by atoms with Crippen LogP contribution in [0.1, 0.15) is 0 Å². The molecule has 2 radical (unpaired) electrons. The molecule has 0 aliphatic carbocycles. The molecular weight excluding hydrogens is 525 g/mol. The van der Waals surface area contributed by atoms with Gasteiger partial charge in [-0.25, -0.2) is 0 Å². The molecule has 0 N–H and O–H groups in total. The van der Waals surface area contributed by atoms with Crippen LogP contribution in [0.4, 0.5) is 0 Å². The van der Waals surface area contributed by atoms with Crippen molar-refractivity contribution in [2.45, 2.75) is 0 Å². The van der Waals surface area contributed by atoms with Gasteiger partial charge in [0.25, 0.3) is 0 Å². The molecule has 0 aromatic heterocycles. The van der Waals surface area contributed by atoms with Crippen LogP contribution in [0.3, 0.4) is 0 Å².